The molecule has 3 rings (SSSR count). The molecule has 0 aliphatic carbocycles. The van der Waals surface area contributed by atoms with E-state index in [2.05, 4.69) is 11.1 Å². The maximum atomic E-state index is 6.34. The van der Waals surface area contributed by atoms with E-state index in [9.17, 15) is 0 Å². The number of aromatic nitrogens is 1. The van der Waals surface area contributed by atoms with Crippen molar-refractivity contribution in [2.45, 2.75) is 13.0 Å². The summed E-state index contributed by atoms with van der Waals surface area (Å²) >= 11 is 6.06. The largest absolute Gasteiger partial charge is 0.320 e. The van der Waals surface area contributed by atoms with Crippen LogP contribution in [0.3, 0.4) is 0 Å². The van der Waals surface area contributed by atoms with E-state index in [0.29, 0.717) is 0 Å². The summed E-state index contributed by atoms with van der Waals surface area (Å²) in [5.41, 5.74) is 10.4. The van der Waals surface area contributed by atoms with Crippen molar-refractivity contribution in [3.63, 3.8) is 0 Å². The van der Waals surface area contributed by atoms with E-state index in [-0.39, 0.29) is 6.04 Å². The van der Waals surface area contributed by atoms with Crippen LogP contribution < -0.4 is 5.73 Å². The van der Waals surface area contributed by atoms with Crippen LogP contribution in [-0.4, -0.2) is 4.98 Å². The summed E-state index contributed by atoms with van der Waals surface area (Å²) in [6.07, 6.45) is 1.84. The second kappa shape index (κ2) is 5.23. The van der Waals surface area contributed by atoms with Gasteiger partial charge < -0.3 is 5.73 Å². The van der Waals surface area contributed by atoms with Gasteiger partial charge in [-0.15, -0.1) is 0 Å². The number of hydrogen-bond donors (Lipinski definition) is 1. The van der Waals surface area contributed by atoms with Crippen LogP contribution in [0.25, 0.3) is 10.9 Å². The third kappa shape index (κ3) is 2.40. The van der Waals surface area contributed by atoms with Gasteiger partial charge in [0.2, 0.25) is 0 Å². The molecule has 3 heteroatoms. The van der Waals surface area contributed by atoms with Crippen LogP contribution in [0.5, 0.6) is 0 Å². The molecule has 100 valence electrons. The molecular formula is C17H15ClN2. The summed E-state index contributed by atoms with van der Waals surface area (Å²) in [6, 6.07) is 15.8. The monoisotopic (exact) mass is 282 g/mol. The van der Waals surface area contributed by atoms with E-state index in [1.54, 1.807) is 0 Å². The Balaban J connectivity index is 2.02. The van der Waals surface area contributed by atoms with Crippen LogP contribution >= 0.6 is 11.6 Å². The van der Waals surface area contributed by atoms with Crippen molar-refractivity contribution in [3.8, 4) is 0 Å². The van der Waals surface area contributed by atoms with Crippen LogP contribution in [0.2, 0.25) is 5.02 Å². The summed E-state index contributed by atoms with van der Waals surface area (Å²) in [5, 5.41) is 1.86. The lowest BCUT2D eigenvalue weighted by atomic mass is 9.98. The number of rotatable bonds is 2. The molecule has 2 nitrogen and oxygen atoms in total. The molecule has 0 spiro atoms. The molecule has 1 atom stereocenters. The Kier molecular flexibility index (Phi) is 3.43. The van der Waals surface area contributed by atoms with Gasteiger partial charge in [0.05, 0.1) is 11.6 Å². The van der Waals surface area contributed by atoms with Crippen molar-refractivity contribution < 1.29 is 0 Å². The molecule has 0 bridgehead atoms. The Morgan fingerprint density at radius 2 is 1.85 bits per heavy atom. The van der Waals surface area contributed by atoms with Gasteiger partial charge in [0, 0.05) is 16.6 Å². The Hall–Kier alpha value is -1.90. The van der Waals surface area contributed by atoms with E-state index in [1.807, 2.05) is 55.6 Å². The highest BCUT2D eigenvalue weighted by Crippen LogP contribution is 2.25. The first-order valence-corrected chi connectivity index (χ1v) is 6.89. The number of hydrogen-bond acceptors (Lipinski definition) is 2. The van der Waals surface area contributed by atoms with E-state index in [4.69, 9.17) is 17.3 Å². The molecule has 0 aliphatic rings. The predicted molar refractivity (Wildman–Crippen MR) is 84.0 cm³/mol. The lowest BCUT2D eigenvalue weighted by molar-refractivity contribution is 0.865. The Morgan fingerprint density at radius 3 is 2.65 bits per heavy atom. The van der Waals surface area contributed by atoms with Gasteiger partial charge in [0.25, 0.3) is 0 Å². The first kappa shape index (κ1) is 13.1. The zero-order chi connectivity index (χ0) is 14.1. The molecule has 3 aromatic rings. The number of para-hydroxylation sites is 1. The third-order valence-electron chi connectivity index (χ3n) is 3.51. The number of halogens is 1. The molecule has 0 saturated carbocycles. The zero-order valence-electron chi connectivity index (χ0n) is 11.2. The van der Waals surface area contributed by atoms with E-state index in [0.717, 1.165) is 32.6 Å². The van der Waals surface area contributed by atoms with Crippen molar-refractivity contribution in [1.82, 2.24) is 4.98 Å². The standard InChI is InChI=1S/C17H15ClN2/c1-11-8-13(6-7-15(11)18)17(19)14-9-12-4-2-3-5-16(12)20-10-14/h2-10,17H,19H2,1H3. The molecule has 0 amide bonds. The minimum Gasteiger partial charge on any atom is -0.320 e. The van der Waals surface area contributed by atoms with E-state index < -0.39 is 0 Å². The number of pyridine rings is 1. The van der Waals surface area contributed by atoms with Crippen LogP contribution in [-0.2, 0) is 0 Å². The van der Waals surface area contributed by atoms with Gasteiger partial charge in [-0.2, -0.15) is 0 Å². The van der Waals surface area contributed by atoms with Gasteiger partial charge in [-0.1, -0.05) is 41.9 Å². The van der Waals surface area contributed by atoms with Gasteiger partial charge in [-0.3, -0.25) is 4.98 Å². The third-order valence-corrected chi connectivity index (χ3v) is 3.94. The van der Waals surface area contributed by atoms with Crippen molar-refractivity contribution in [2.24, 2.45) is 5.73 Å². The average molecular weight is 283 g/mol. The molecule has 1 aromatic heterocycles. The number of fused-ring (bicyclic) bond motifs is 1. The molecule has 0 radical (unpaired) electrons. The lowest BCUT2D eigenvalue weighted by Crippen LogP contribution is -2.12. The highest BCUT2D eigenvalue weighted by Gasteiger charge is 2.11. The first-order valence-electron chi connectivity index (χ1n) is 6.51. The second-order valence-electron chi connectivity index (χ2n) is 4.95. The van der Waals surface area contributed by atoms with Crippen molar-refractivity contribution in [2.75, 3.05) is 0 Å². The minimum atomic E-state index is -0.192. The maximum Gasteiger partial charge on any atom is 0.0702 e. The number of nitrogens with zero attached hydrogens (tertiary/aromatic N) is 1. The molecule has 1 heterocycles. The van der Waals surface area contributed by atoms with Crippen molar-refractivity contribution >= 4 is 22.5 Å². The van der Waals surface area contributed by atoms with Crippen LogP contribution in [0.1, 0.15) is 22.7 Å². The number of nitrogens with two attached hydrogens (primary N) is 1. The van der Waals surface area contributed by atoms with Gasteiger partial charge in [0.1, 0.15) is 0 Å². The number of aryl methyl sites for hydroxylation is 1. The molecule has 0 saturated heterocycles. The minimum absolute atomic E-state index is 0.192. The Morgan fingerprint density at radius 1 is 1.05 bits per heavy atom. The smallest absolute Gasteiger partial charge is 0.0702 e. The fourth-order valence-corrected chi connectivity index (χ4v) is 2.43. The molecule has 1 unspecified atom stereocenters. The summed E-state index contributed by atoms with van der Waals surface area (Å²) < 4.78 is 0. The van der Waals surface area contributed by atoms with Gasteiger partial charge in [-0.05, 0) is 41.8 Å². The molecule has 0 aliphatic heterocycles. The Bertz CT molecular complexity index is 768. The molecule has 2 aromatic carbocycles. The fraction of sp³-hybridized carbons (Fsp3) is 0.118. The molecular weight excluding hydrogens is 268 g/mol. The summed E-state index contributed by atoms with van der Waals surface area (Å²) in [4.78, 5) is 4.46. The highest BCUT2D eigenvalue weighted by molar-refractivity contribution is 6.31. The SMILES string of the molecule is Cc1cc(C(N)c2cnc3ccccc3c2)ccc1Cl. The zero-order valence-corrected chi connectivity index (χ0v) is 11.9. The first-order chi connectivity index (χ1) is 9.65. The van der Waals surface area contributed by atoms with Gasteiger partial charge >= 0.3 is 0 Å². The summed E-state index contributed by atoms with van der Waals surface area (Å²) in [5.74, 6) is 0. The quantitative estimate of drug-likeness (QED) is 0.763. The lowest BCUT2D eigenvalue weighted by Gasteiger charge is -2.14. The van der Waals surface area contributed by atoms with Crippen LogP contribution in [0.4, 0.5) is 0 Å². The van der Waals surface area contributed by atoms with E-state index >= 15 is 0 Å². The fourth-order valence-electron chi connectivity index (χ4n) is 2.31. The van der Waals surface area contributed by atoms with Crippen molar-refractivity contribution in [3.05, 3.63) is 76.4 Å². The second-order valence-corrected chi connectivity index (χ2v) is 5.35. The topological polar surface area (TPSA) is 38.9 Å². The summed E-state index contributed by atoms with van der Waals surface area (Å²) in [7, 11) is 0. The van der Waals surface area contributed by atoms with Crippen molar-refractivity contribution in [1.29, 1.82) is 0 Å². The molecule has 2 N–H and O–H groups in total. The van der Waals surface area contributed by atoms with Crippen LogP contribution in [0.15, 0.2) is 54.7 Å². The van der Waals surface area contributed by atoms with Crippen LogP contribution in [0, 0.1) is 6.92 Å². The van der Waals surface area contributed by atoms with E-state index in [1.165, 1.54) is 0 Å². The predicted octanol–water partition coefficient (Wildman–Crippen LogP) is 4.24. The summed E-state index contributed by atoms with van der Waals surface area (Å²) in [6.45, 7) is 1.98. The average Bonchev–Trinajstić information content (AvgIpc) is 2.49. The maximum absolute atomic E-state index is 6.34. The molecule has 0 fully saturated rings. The van der Waals surface area contributed by atoms with Gasteiger partial charge in [0.15, 0.2) is 0 Å². The normalized spacial score (nSPS) is 12.6. The molecule has 20 heavy (non-hydrogen) atoms. The highest BCUT2D eigenvalue weighted by atomic mass is 35.5. The van der Waals surface area contributed by atoms with Gasteiger partial charge in [-0.25, -0.2) is 0 Å². The number of benzene rings is 2. The Labute approximate surface area is 123 Å².